The molecule has 0 saturated heterocycles. The molecule has 0 aliphatic carbocycles. The number of aliphatic hydroxyl groups is 1. The zero-order valence-electron chi connectivity index (χ0n) is 8.33. The number of hydrogen-bond acceptors (Lipinski definition) is 2. The monoisotopic (exact) mass is 257 g/mol. The Balaban J connectivity index is 2.21. The van der Waals surface area contributed by atoms with Crippen LogP contribution in [0.1, 0.15) is 12.5 Å². The molecule has 1 rings (SSSR count). The number of benzene rings is 1. The molecule has 0 amide bonds. The number of nitrogens with one attached hydrogen (secondary N) is 1. The highest BCUT2D eigenvalue weighted by molar-refractivity contribution is 9.10. The third-order valence-electron chi connectivity index (χ3n) is 1.94. The largest absolute Gasteiger partial charge is 0.392 e. The third kappa shape index (κ3) is 4.74. The fourth-order valence-corrected chi connectivity index (χ4v) is 1.46. The topological polar surface area (TPSA) is 32.3 Å². The van der Waals surface area contributed by atoms with E-state index in [4.69, 9.17) is 5.11 Å². The zero-order chi connectivity index (χ0) is 10.4. The molecule has 1 unspecified atom stereocenters. The Morgan fingerprint density at radius 1 is 1.36 bits per heavy atom. The van der Waals surface area contributed by atoms with Gasteiger partial charge in [-0.05, 0) is 37.6 Å². The van der Waals surface area contributed by atoms with Gasteiger partial charge in [0.05, 0.1) is 6.10 Å². The second-order valence-electron chi connectivity index (χ2n) is 3.43. The van der Waals surface area contributed by atoms with Gasteiger partial charge in [-0.15, -0.1) is 0 Å². The molecule has 0 aliphatic rings. The van der Waals surface area contributed by atoms with Crippen molar-refractivity contribution in [2.24, 2.45) is 0 Å². The lowest BCUT2D eigenvalue weighted by Gasteiger charge is -2.06. The molecule has 14 heavy (non-hydrogen) atoms. The molecule has 0 spiro atoms. The Bertz CT molecular complexity index is 258. The molecule has 1 aromatic carbocycles. The fraction of sp³-hybridized carbons (Fsp3) is 0.455. The molecule has 0 bridgehead atoms. The highest BCUT2D eigenvalue weighted by Gasteiger charge is 1.95. The van der Waals surface area contributed by atoms with Gasteiger partial charge in [0, 0.05) is 11.0 Å². The lowest BCUT2D eigenvalue weighted by atomic mass is 10.1. The second kappa shape index (κ2) is 6.17. The Hall–Kier alpha value is -0.380. The summed E-state index contributed by atoms with van der Waals surface area (Å²) in [6.07, 6.45) is 0.736. The number of aliphatic hydroxyl groups excluding tert-OH is 1. The molecule has 0 aromatic heterocycles. The molecule has 0 saturated carbocycles. The van der Waals surface area contributed by atoms with Crippen LogP contribution in [0, 0.1) is 0 Å². The first-order chi connectivity index (χ1) is 6.68. The van der Waals surface area contributed by atoms with Crippen molar-refractivity contribution in [3.05, 3.63) is 34.3 Å². The molecule has 0 radical (unpaired) electrons. The van der Waals surface area contributed by atoms with Crippen LogP contribution < -0.4 is 5.32 Å². The van der Waals surface area contributed by atoms with Crippen molar-refractivity contribution in [2.45, 2.75) is 19.4 Å². The van der Waals surface area contributed by atoms with Crippen LogP contribution in [0.2, 0.25) is 0 Å². The van der Waals surface area contributed by atoms with E-state index in [1.807, 2.05) is 12.1 Å². The molecule has 1 atom stereocenters. The number of hydrogen-bond donors (Lipinski definition) is 2. The Morgan fingerprint density at radius 2 is 2.00 bits per heavy atom. The van der Waals surface area contributed by atoms with E-state index in [1.165, 1.54) is 5.56 Å². The lowest BCUT2D eigenvalue weighted by molar-refractivity contribution is 0.191. The van der Waals surface area contributed by atoms with Gasteiger partial charge in [-0.3, -0.25) is 0 Å². The summed E-state index contributed by atoms with van der Waals surface area (Å²) < 4.78 is 1.11. The summed E-state index contributed by atoms with van der Waals surface area (Å²) in [5.41, 5.74) is 1.31. The van der Waals surface area contributed by atoms with Crippen LogP contribution in [0.25, 0.3) is 0 Å². The van der Waals surface area contributed by atoms with Crippen LogP contribution in [-0.2, 0) is 6.42 Å². The molecule has 3 heteroatoms. The van der Waals surface area contributed by atoms with E-state index in [-0.39, 0.29) is 6.10 Å². The predicted molar refractivity (Wildman–Crippen MR) is 62.4 cm³/mol. The number of rotatable bonds is 5. The molecular formula is C11H16BrNO. The summed E-state index contributed by atoms with van der Waals surface area (Å²) in [5, 5.41) is 12.2. The van der Waals surface area contributed by atoms with E-state index < -0.39 is 0 Å². The molecule has 78 valence electrons. The Morgan fingerprint density at radius 3 is 2.57 bits per heavy atom. The van der Waals surface area contributed by atoms with E-state index >= 15 is 0 Å². The molecule has 2 N–H and O–H groups in total. The van der Waals surface area contributed by atoms with E-state index in [0.29, 0.717) is 6.54 Å². The van der Waals surface area contributed by atoms with Crippen molar-refractivity contribution in [2.75, 3.05) is 13.1 Å². The van der Waals surface area contributed by atoms with Gasteiger partial charge in [-0.2, -0.15) is 0 Å². The van der Waals surface area contributed by atoms with Crippen molar-refractivity contribution in [3.63, 3.8) is 0 Å². The number of halogens is 1. The first-order valence-corrected chi connectivity index (χ1v) is 5.61. The lowest BCUT2D eigenvalue weighted by Crippen LogP contribution is -2.26. The fourth-order valence-electron chi connectivity index (χ4n) is 1.19. The van der Waals surface area contributed by atoms with Gasteiger partial charge in [0.2, 0.25) is 0 Å². The van der Waals surface area contributed by atoms with Gasteiger partial charge in [-0.1, -0.05) is 28.1 Å². The molecule has 0 heterocycles. The highest BCUT2D eigenvalue weighted by Crippen LogP contribution is 2.10. The summed E-state index contributed by atoms with van der Waals surface area (Å²) in [6.45, 7) is 3.36. The van der Waals surface area contributed by atoms with E-state index in [9.17, 15) is 0 Å². The standard InChI is InChI=1S/C11H16BrNO/c1-9(14)8-13-7-6-10-2-4-11(12)5-3-10/h2-5,9,13-14H,6-8H2,1H3. The average Bonchev–Trinajstić information content (AvgIpc) is 2.15. The van der Waals surface area contributed by atoms with E-state index in [2.05, 4.69) is 33.4 Å². The van der Waals surface area contributed by atoms with Crippen molar-refractivity contribution < 1.29 is 5.11 Å². The first-order valence-electron chi connectivity index (χ1n) is 4.81. The van der Waals surface area contributed by atoms with E-state index in [0.717, 1.165) is 17.4 Å². The van der Waals surface area contributed by atoms with Crippen molar-refractivity contribution in [3.8, 4) is 0 Å². The summed E-state index contributed by atoms with van der Waals surface area (Å²) >= 11 is 3.40. The van der Waals surface area contributed by atoms with Crippen LogP contribution in [0.15, 0.2) is 28.7 Å². The highest BCUT2D eigenvalue weighted by atomic mass is 79.9. The van der Waals surface area contributed by atoms with Gasteiger partial charge in [-0.25, -0.2) is 0 Å². The van der Waals surface area contributed by atoms with Crippen molar-refractivity contribution >= 4 is 15.9 Å². The van der Waals surface area contributed by atoms with Crippen LogP contribution in [0.3, 0.4) is 0 Å². The Labute approximate surface area is 93.5 Å². The summed E-state index contributed by atoms with van der Waals surface area (Å²) in [5.74, 6) is 0. The van der Waals surface area contributed by atoms with Gasteiger partial charge in [0.25, 0.3) is 0 Å². The summed E-state index contributed by atoms with van der Waals surface area (Å²) in [6, 6.07) is 8.30. The SMILES string of the molecule is CC(O)CNCCc1ccc(Br)cc1. The third-order valence-corrected chi connectivity index (χ3v) is 2.47. The predicted octanol–water partition coefficient (Wildman–Crippen LogP) is 1.96. The first kappa shape index (κ1) is 11.7. The van der Waals surface area contributed by atoms with E-state index in [1.54, 1.807) is 6.92 Å². The molecular weight excluding hydrogens is 242 g/mol. The van der Waals surface area contributed by atoms with Gasteiger partial charge < -0.3 is 10.4 Å². The minimum atomic E-state index is -0.264. The van der Waals surface area contributed by atoms with Gasteiger partial charge in [0.15, 0.2) is 0 Å². The summed E-state index contributed by atoms with van der Waals surface area (Å²) in [4.78, 5) is 0. The maximum Gasteiger partial charge on any atom is 0.0636 e. The minimum Gasteiger partial charge on any atom is -0.392 e. The van der Waals surface area contributed by atoms with Gasteiger partial charge in [0.1, 0.15) is 0 Å². The zero-order valence-corrected chi connectivity index (χ0v) is 9.92. The molecule has 0 aliphatic heterocycles. The molecule has 2 nitrogen and oxygen atoms in total. The minimum absolute atomic E-state index is 0.264. The normalized spacial score (nSPS) is 12.8. The maximum absolute atomic E-state index is 9.02. The smallest absolute Gasteiger partial charge is 0.0636 e. The second-order valence-corrected chi connectivity index (χ2v) is 4.35. The van der Waals surface area contributed by atoms with Crippen LogP contribution >= 0.6 is 15.9 Å². The van der Waals surface area contributed by atoms with Gasteiger partial charge >= 0.3 is 0 Å². The average molecular weight is 258 g/mol. The van der Waals surface area contributed by atoms with Crippen molar-refractivity contribution in [1.29, 1.82) is 0 Å². The van der Waals surface area contributed by atoms with Crippen molar-refractivity contribution in [1.82, 2.24) is 5.32 Å². The summed E-state index contributed by atoms with van der Waals surface area (Å²) in [7, 11) is 0. The quantitative estimate of drug-likeness (QED) is 0.791. The maximum atomic E-state index is 9.02. The Kier molecular flexibility index (Phi) is 5.15. The van der Waals surface area contributed by atoms with Crippen LogP contribution in [0.4, 0.5) is 0 Å². The van der Waals surface area contributed by atoms with Crippen LogP contribution in [0.5, 0.6) is 0 Å². The van der Waals surface area contributed by atoms with Crippen LogP contribution in [-0.4, -0.2) is 24.3 Å². The molecule has 1 aromatic rings. The molecule has 0 fully saturated rings.